The summed E-state index contributed by atoms with van der Waals surface area (Å²) in [6.45, 7) is 4.41. The molecule has 0 saturated carbocycles. The highest BCUT2D eigenvalue weighted by atomic mass is 16.3. The first kappa shape index (κ1) is 17.0. The van der Waals surface area contributed by atoms with Gasteiger partial charge in [0.25, 0.3) is 5.91 Å². The highest BCUT2D eigenvalue weighted by molar-refractivity contribution is 5.95. The maximum absolute atomic E-state index is 12.0. The average molecular weight is 312 g/mol. The molecule has 23 heavy (non-hydrogen) atoms. The van der Waals surface area contributed by atoms with Crippen molar-refractivity contribution in [2.45, 2.75) is 26.3 Å². The van der Waals surface area contributed by atoms with E-state index in [4.69, 9.17) is 5.11 Å². The minimum Gasteiger partial charge on any atom is -0.395 e. The number of nitrogens with one attached hydrogen (secondary N) is 2. The first-order chi connectivity index (χ1) is 11.1. The second-order valence-corrected chi connectivity index (χ2v) is 5.58. The Labute approximate surface area is 137 Å². The van der Waals surface area contributed by atoms with Crippen LogP contribution in [0.2, 0.25) is 0 Å². The number of benzene rings is 2. The quantitative estimate of drug-likeness (QED) is 0.735. The fraction of sp³-hybridized carbons (Fsp3) is 0.316. The van der Waals surface area contributed by atoms with E-state index < -0.39 is 0 Å². The van der Waals surface area contributed by atoms with Crippen LogP contribution >= 0.6 is 0 Å². The zero-order valence-corrected chi connectivity index (χ0v) is 13.7. The van der Waals surface area contributed by atoms with Gasteiger partial charge in [0.2, 0.25) is 0 Å². The van der Waals surface area contributed by atoms with Crippen LogP contribution in [0.3, 0.4) is 0 Å². The molecule has 4 nitrogen and oxygen atoms in total. The first-order valence-corrected chi connectivity index (χ1v) is 7.96. The number of aliphatic hydroxyl groups is 1. The van der Waals surface area contributed by atoms with E-state index >= 15 is 0 Å². The van der Waals surface area contributed by atoms with E-state index in [9.17, 15) is 4.79 Å². The Morgan fingerprint density at radius 2 is 1.91 bits per heavy atom. The molecule has 0 bridgehead atoms. The van der Waals surface area contributed by atoms with Crippen LogP contribution in [0.4, 0.5) is 5.69 Å². The molecule has 2 aromatic carbocycles. The van der Waals surface area contributed by atoms with Gasteiger partial charge in [-0.1, -0.05) is 42.8 Å². The van der Waals surface area contributed by atoms with Gasteiger partial charge < -0.3 is 15.7 Å². The van der Waals surface area contributed by atoms with Crippen LogP contribution in [0.25, 0.3) is 0 Å². The predicted molar refractivity (Wildman–Crippen MR) is 93.7 cm³/mol. The van der Waals surface area contributed by atoms with E-state index in [0.29, 0.717) is 5.56 Å². The summed E-state index contributed by atoms with van der Waals surface area (Å²) in [4.78, 5) is 12.0. The van der Waals surface area contributed by atoms with Crippen molar-refractivity contribution in [3.05, 3.63) is 65.2 Å². The van der Waals surface area contributed by atoms with Crippen molar-refractivity contribution in [3.8, 4) is 0 Å². The van der Waals surface area contributed by atoms with Gasteiger partial charge in [-0.3, -0.25) is 4.79 Å². The third-order valence-electron chi connectivity index (χ3n) is 3.75. The van der Waals surface area contributed by atoms with Gasteiger partial charge in [-0.25, -0.2) is 0 Å². The summed E-state index contributed by atoms with van der Waals surface area (Å²) in [5.41, 5.74) is 3.97. The fourth-order valence-electron chi connectivity index (χ4n) is 2.44. The number of hydrogen-bond acceptors (Lipinski definition) is 3. The van der Waals surface area contributed by atoms with Crippen LogP contribution in [0.15, 0.2) is 48.5 Å². The topological polar surface area (TPSA) is 61.4 Å². The van der Waals surface area contributed by atoms with Crippen molar-refractivity contribution in [2.75, 3.05) is 18.5 Å². The van der Waals surface area contributed by atoms with E-state index in [1.54, 1.807) is 6.07 Å². The highest BCUT2D eigenvalue weighted by Crippen LogP contribution is 2.23. The molecule has 122 valence electrons. The van der Waals surface area contributed by atoms with Crippen molar-refractivity contribution >= 4 is 11.6 Å². The van der Waals surface area contributed by atoms with Crippen molar-refractivity contribution < 1.29 is 9.90 Å². The Kier molecular flexibility index (Phi) is 6.18. The van der Waals surface area contributed by atoms with Crippen molar-refractivity contribution in [1.82, 2.24) is 5.32 Å². The minimum atomic E-state index is -0.175. The van der Waals surface area contributed by atoms with E-state index in [-0.39, 0.29) is 25.1 Å². The van der Waals surface area contributed by atoms with Gasteiger partial charge in [0.1, 0.15) is 0 Å². The molecule has 3 N–H and O–H groups in total. The van der Waals surface area contributed by atoms with Crippen LogP contribution in [0.5, 0.6) is 0 Å². The number of carbonyl (C=O) groups is 1. The summed E-state index contributed by atoms with van der Waals surface area (Å²) < 4.78 is 0. The van der Waals surface area contributed by atoms with Gasteiger partial charge in [0.15, 0.2) is 0 Å². The van der Waals surface area contributed by atoms with E-state index in [1.807, 2.05) is 18.2 Å². The molecule has 2 rings (SSSR count). The van der Waals surface area contributed by atoms with Crippen molar-refractivity contribution in [1.29, 1.82) is 0 Å². The summed E-state index contributed by atoms with van der Waals surface area (Å²) in [5.74, 6) is -0.175. The number of amides is 1. The van der Waals surface area contributed by atoms with Gasteiger partial charge >= 0.3 is 0 Å². The Balaban J connectivity index is 2.11. The zero-order valence-electron chi connectivity index (χ0n) is 13.7. The second kappa shape index (κ2) is 8.34. The molecule has 0 aliphatic carbocycles. The lowest BCUT2D eigenvalue weighted by Gasteiger charge is -2.19. The average Bonchev–Trinajstić information content (AvgIpc) is 2.58. The van der Waals surface area contributed by atoms with Crippen LogP contribution in [-0.2, 0) is 0 Å². The van der Waals surface area contributed by atoms with E-state index in [0.717, 1.165) is 12.1 Å². The number of aryl methyl sites for hydroxylation is 1. The number of rotatable bonds is 7. The molecular weight excluding hydrogens is 288 g/mol. The van der Waals surface area contributed by atoms with Crippen LogP contribution in [-0.4, -0.2) is 24.2 Å². The van der Waals surface area contributed by atoms with Gasteiger partial charge in [-0.05, 0) is 37.1 Å². The van der Waals surface area contributed by atoms with Crippen molar-refractivity contribution in [3.63, 3.8) is 0 Å². The van der Waals surface area contributed by atoms with E-state index in [1.165, 1.54) is 11.1 Å². The number of anilines is 1. The molecule has 0 spiro atoms. The predicted octanol–water partition coefficient (Wildman–Crippen LogP) is 3.28. The molecule has 1 atom stereocenters. The molecule has 1 unspecified atom stereocenters. The Bertz CT molecular complexity index is 638. The van der Waals surface area contributed by atoms with Crippen molar-refractivity contribution in [2.24, 2.45) is 0 Å². The molecular formula is C19H24N2O2. The smallest absolute Gasteiger partial charge is 0.251 e. The summed E-state index contributed by atoms with van der Waals surface area (Å²) in [5, 5.41) is 14.9. The lowest BCUT2D eigenvalue weighted by atomic mass is 10.0. The molecule has 0 aliphatic heterocycles. The zero-order chi connectivity index (χ0) is 16.7. The lowest BCUT2D eigenvalue weighted by molar-refractivity contribution is 0.0945. The molecule has 0 radical (unpaired) electrons. The number of aliphatic hydroxyl groups excluding tert-OH is 1. The maximum Gasteiger partial charge on any atom is 0.251 e. The first-order valence-electron chi connectivity index (χ1n) is 7.96. The molecule has 4 heteroatoms. The Morgan fingerprint density at radius 1 is 1.17 bits per heavy atom. The molecule has 0 aliphatic rings. The number of carbonyl (C=O) groups excluding carboxylic acids is 1. The van der Waals surface area contributed by atoms with Gasteiger partial charge in [0.05, 0.1) is 12.6 Å². The van der Waals surface area contributed by atoms with E-state index in [2.05, 4.69) is 48.7 Å². The summed E-state index contributed by atoms with van der Waals surface area (Å²) in [6.07, 6.45) is 0.948. The third-order valence-corrected chi connectivity index (χ3v) is 3.75. The van der Waals surface area contributed by atoms with Crippen LogP contribution in [0, 0.1) is 6.92 Å². The van der Waals surface area contributed by atoms with Gasteiger partial charge in [-0.2, -0.15) is 0 Å². The van der Waals surface area contributed by atoms with Gasteiger partial charge in [-0.15, -0.1) is 0 Å². The monoisotopic (exact) mass is 312 g/mol. The van der Waals surface area contributed by atoms with Crippen LogP contribution in [0.1, 0.15) is 40.9 Å². The molecule has 0 aromatic heterocycles. The van der Waals surface area contributed by atoms with Gasteiger partial charge in [0, 0.05) is 17.8 Å². The van der Waals surface area contributed by atoms with Crippen LogP contribution < -0.4 is 10.6 Å². The Morgan fingerprint density at radius 3 is 2.57 bits per heavy atom. The lowest BCUT2D eigenvalue weighted by Crippen LogP contribution is -2.26. The Hall–Kier alpha value is -2.33. The summed E-state index contributed by atoms with van der Waals surface area (Å²) >= 11 is 0. The fourth-order valence-corrected chi connectivity index (χ4v) is 2.44. The molecule has 1 amide bonds. The molecule has 0 fully saturated rings. The highest BCUT2D eigenvalue weighted by Gasteiger charge is 2.10. The normalized spacial score (nSPS) is 11.8. The summed E-state index contributed by atoms with van der Waals surface area (Å²) in [7, 11) is 0. The molecule has 2 aromatic rings. The second-order valence-electron chi connectivity index (χ2n) is 5.58. The maximum atomic E-state index is 12.0. The minimum absolute atomic E-state index is 0.0605. The largest absolute Gasteiger partial charge is 0.395 e. The summed E-state index contributed by atoms with van der Waals surface area (Å²) in [6, 6.07) is 16.1. The third kappa shape index (κ3) is 4.83. The number of hydrogen-bond donors (Lipinski definition) is 3. The standard InChI is InChI=1S/C19H24N2O2/c1-3-18(15-9-7-14(2)8-10-15)21-17-6-4-5-16(13-17)19(23)20-11-12-22/h4-10,13,18,21-22H,3,11-12H2,1-2H3,(H,20,23). The SMILES string of the molecule is CCC(Nc1cccc(C(=O)NCCO)c1)c1ccc(C)cc1. The molecule has 0 heterocycles. The molecule has 0 saturated heterocycles.